The van der Waals surface area contributed by atoms with Crippen molar-refractivity contribution in [3.63, 3.8) is 0 Å². The highest BCUT2D eigenvalue weighted by Gasteiger charge is 2.50. The van der Waals surface area contributed by atoms with E-state index in [0.29, 0.717) is 0 Å². The third-order valence-electron chi connectivity index (χ3n) is 7.42. The Labute approximate surface area is 238 Å². The fourth-order valence-electron chi connectivity index (χ4n) is 5.11. The number of rotatable bonds is 6. The van der Waals surface area contributed by atoms with Crippen LogP contribution < -0.4 is 10.2 Å². The van der Waals surface area contributed by atoms with Crippen LogP contribution in [0.4, 0.5) is 0 Å². The van der Waals surface area contributed by atoms with Crippen LogP contribution in [-0.2, 0) is 14.2 Å². The third kappa shape index (κ3) is 5.39. The second-order valence-corrected chi connectivity index (χ2v) is 10.3. The maximum Gasteiger partial charge on any atom is 0.239 e. The van der Waals surface area contributed by atoms with Gasteiger partial charge in [0.25, 0.3) is 0 Å². The van der Waals surface area contributed by atoms with Gasteiger partial charge in [-0.05, 0) is 37.6 Å². The molecule has 3 aromatic rings. The van der Waals surface area contributed by atoms with E-state index in [1.807, 2.05) is 0 Å². The molecule has 14 nitrogen and oxygen atoms in total. The summed E-state index contributed by atoms with van der Waals surface area (Å²) in [5.74, 6) is -1.75. The molecule has 14 heteroatoms. The second-order valence-electron chi connectivity index (χ2n) is 10.3. The summed E-state index contributed by atoms with van der Waals surface area (Å²) in [6.45, 7) is 3.16. The largest absolute Gasteiger partial charge is 0.508 e. The molecule has 0 unspecified atom stereocenters. The van der Waals surface area contributed by atoms with Gasteiger partial charge < -0.3 is 64.2 Å². The van der Waals surface area contributed by atoms with Crippen molar-refractivity contribution in [3.05, 3.63) is 46.6 Å². The fraction of sp³-hybridized carbons (Fsp3) is 0.464. The average molecular weight is 593 g/mol. The van der Waals surface area contributed by atoms with Crippen LogP contribution in [0.1, 0.15) is 20.3 Å². The minimum absolute atomic E-state index is 0.0759. The summed E-state index contributed by atoms with van der Waals surface area (Å²) in [6.07, 6.45) is -14.2. The smallest absolute Gasteiger partial charge is 0.239 e. The van der Waals surface area contributed by atoms with Crippen molar-refractivity contribution in [1.82, 2.24) is 0 Å². The predicted molar refractivity (Wildman–Crippen MR) is 142 cm³/mol. The number of phenolic OH excluding ortho intramolecular Hbond substituents is 3. The van der Waals surface area contributed by atoms with Crippen molar-refractivity contribution >= 4 is 11.0 Å². The van der Waals surface area contributed by atoms with E-state index < -0.39 is 78.3 Å². The van der Waals surface area contributed by atoms with Crippen LogP contribution in [0.2, 0.25) is 0 Å². The lowest BCUT2D eigenvalue weighted by Gasteiger charge is -2.45. The Hall–Kier alpha value is -3.47. The van der Waals surface area contributed by atoms with Crippen molar-refractivity contribution < 1.29 is 64.2 Å². The Bertz CT molecular complexity index is 1470. The number of benzene rings is 2. The zero-order valence-corrected chi connectivity index (χ0v) is 22.5. The first-order valence-electron chi connectivity index (χ1n) is 13.3. The first kappa shape index (κ1) is 30.0. The minimum atomic E-state index is -1.83. The summed E-state index contributed by atoms with van der Waals surface area (Å²) in [5, 5.41) is 82.2. The van der Waals surface area contributed by atoms with Gasteiger partial charge in [0, 0.05) is 17.7 Å². The number of aliphatic hydroxyl groups excluding tert-OH is 5. The number of hydrogen-bond acceptors (Lipinski definition) is 14. The molecule has 8 N–H and O–H groups in total. The summed E-state index contributed by atoms with van der Waals surface area (Å²) < 4.78 is 28.6. The number of ether oxygens (including phenoxy) is 4. The Kier molecular flexibility index (Phi) is 8.33. The SMILES string of the molecule is CC[C@H]1O[C@@H](O[C@@H]2[C@@H](O)[C@@H](O)[C@@H](Oc3c(-c4ccc(O)cc4)oc4cc(O)cc(O)c4c3=O)O[C@H]2C)[C@H](O)[C@@H](O)[C@@H]1O. The quantitative estimate of drug-likeness (QED) is 0.189. The zero-order valence-electron chi connectivity index (χ0n) is 22.5. The van der Waals surface area contributed by atoms with Crippen LogP contribution in [0.3, 0.4) is 0 Å². The molecule has 0 amide bonds. The Morgan fingerprint density at radius 2 is 1.48 bits per heavy atom. The highest BCUT2D eigenvalue weighted by molar-refractivity contribution is 5.88. The molecule has 1 aromatic heterocycles. The molecule has 2 fully saturated rings. The summed E-state index contributed by atoms with van der Waals surface area (Å²) in [6, 6.07) is 7.53. The normalized spacial score (nSPS) is 33.5. The standard InChI is InChI=1S/C28H32O14/c1-3-15-18(32)20(34)22(36)28(40-15)41-24-10(2)38-27(23(37)21(24)35)42-26-19(33)17-14(31)8-13(30)9-16(17)39-25(26)11-4-6-12(29)7-5-11/h4-10,15,18,20-24,27-32,34-37H,3H2,1-2H3/t10-,15+,18+,20-,21-,22+,23+,24-,27+,28-/m0/s1. The lowest BCUT2D eigenvalue weighted by molar-refractivity contribution is -0.347. The first-order chi connectivity index (χ1) is 19.9. The molecule has 2 saturated heterocycles. The van der Waals surface area contributed by atoms with Crippen LogP contribution in [-0.4, -0.2) is 102 Å². The molecule has 2 aromatic carbocycles. The molecule has 228 valence electrons. The van der Waals surface area contributed by atoms with E-state index in [1.165, 1.54) is 31.2 Å². The molecule has 3 heterocycles. The van der Waals surface area contributed by atoms with E-state index >= 15 is 0 Å². The molecule has 5 rings (SSSR count). The predicted octanol–water partition coefficient (Wildman–Crippen LogP) is 0.0250. The molecule has 0 bridgehead atoms. The molecular weight excluding hydrogens is 560 g/mol. The van der Waals surface area contributed by atoms with Crippen LogP contribution in [0.5, 0.6) is 23.0 Å². The van der Waals surface area contributed by atoms with Gasteiger partial charge in [-0.3, -0.25) is 4.79 Å². The molecule has 10 atom stereocenters. The van der Waals surface area contributed by atoms with Gasteiger partial charge in [0.05, 0.1) is 12.2 Å². The van der Waals surface area contributed by atoms with E-state index in [1.54, 1.807) is 6.92 Å². The van der Waals surface area contributed by atoms with Crippen molar-refractivity contribution in [1.29, 1.82) is 0 Å². The summed E-state index contributed by atoms with van der Waals surface area (Å²) in [5.41, 5.74) is -0.812. The Morgan fingerprint density at radius 3 is 2.14 bits per heavy atom. The molecule has 0 saturated carbocycles. The van der Waals surface area contributed by atoms with E-state index in [-0.39, 0.29) is 40.2 Å². The van der Waals surface area contributed by atoms with Gasteiger partial charge in [-0.1, -0.05) is 6.92 Å². The van der Waals surface area contributed by atoms with Crippen molar-refractivity contribution in [3.8, 4) is 34.3 Å². The van der Waals surface area contributed by atoms with E-state index in [9.17, 15) is 45.6 Å². The maximum atomic E-state index is 13.6. The molecule has 2 aliphatic heterocycles. The number of aliphatic hydroxyl groups is 5. The summed E-state index contributed by atoms with van der Waals surface area (Å²) in [7, 11) is 0. The third-order valence-corrected chi connectivity index (χ3v) is 7.42. The topological polar surface area (TPSA) is 229 Å². The number of phenols is 3. The van der Waals surface area contributed by atoms with Crippen LogP contribution in [0.25, 0.3) is 22.3 Å². The maximum absolute atomic E-state index is 13.6. The van der Waals surface area contributed by atoms with Crippen molar-refractivity contribution in [2.75, 3.05) is 0 Å². The average Bonchev–Trinajstić information content (AvgIpc) is 2.95. The van der Waals surface area contributed by atoms with Gasteiger partial charge in [-0.15, -0.1) is 0 Å². The summed E-state index contributed by atoms with van der Waals surface area (Å²) >= 11 is 0. The van der Waals surface area contributed by atoms with Crippen LogP contribution in [0, 0.1) is 0 Å². The summed E-state index contributed by atoms with van der Waals surface area (Å²) in [4.78, 5) is 13.6. The van der Waals surface area contributed by atoms with Gasteiger partial charge in [0.15, 0.2) is 12.1 Å². The number of aromatic hydroxyl groups is 3. The van der Waals surface area contributed by atoms with E-state index in [4.69, 9.17) is 23.4 Å². The lowest BCUT2D eigenvalue weighted by Crippen LogP contribution is -2.63. The number of hydrogen-bond donors (Lipinski definition) is 8. The highest BCUT2D eigenvalue weighted by atomic mass is 16.7. The highest BCUT2D eigenvalue weighted by Crippen LogP contribution is 2.38. The van der Waals surface area contributed by atoms with Crippen LogP contribution >= 0.6 is 0 Å². The molecular formula is C28H32O14. The minimum Gasteiger partial charge on any atom is -0.508 e. The van der Waals surface area contributed by atoms with Crippen molar-refractivity contribution in [2.24, 2.45) is 0 Å². The van der Waals surface area contributed by atoms with Gasteiger partial charge in [0.2, 0.25) is 17.5 Å². The van der Waals surface area contributed by atoms with Crippen molar-refractivity contribution in [2.45, 2.75) is 81.7 Å². The van der Waals surface area contributed by atoms with Gasteiger partial charge in [0.1, 0.15) is 64.8 Å². The van der Waals surface area contributed by atoms with E-state index in [2.05, 4.69) is 0 Å². The van der Waals surface area contributed by atoms with Gasteiger partial charge >= 0.3 is 0 Å². The zero-order chi connectivity index (χ0) is 30.5. The van der Waals surface area contributed by atoms with Gasteiger partial charge in [-0.2, -0.15) is 0 Å². The second kappa shape index (κ2) is 11.7. The molecule has 0 aliphatic carbocycles. The molecule has 42 heavy (non-hydrogen) atoms. The Morgan fingerprint density at radius 1 is 0.810 bits per heavy atom. The lowest BCUT2D eigenvalue weighted by atomic mass is 9.96. The monoisotopic (exact) mass is 592 g/mol. The van der Waals surface area contributed by atoms with Gasteiger partial charge in [-0.25, -0.2) is 0 Å². The number of fused-ring (bicyclic) bond motifs is 1. The van der Waals surface area contributed by atoms with Crippen LogP contribution in [0.15, 0.2) is 45.6 Å². The first-order valence-corrected chi connectivity index (χ1v) is 13.3. The molecule has 0 spiro atoms. The van der Waals surface area contributed by atoms with E-state index in [0.717, 1.165) is 12.1 Å². The molecule has 2 aliphatic rings. The molecule has 0 radical (unpaired) electrons. The fourth-order valence-corrected chi connectivity index (χ4v) is 5.11. The Balaban J connectivity index is 1.45.